The molecule has 0 radical (unpaired) electrons. The zero-order valence-electron chi connectivity index (χ0n) is 11.3. The Morgan fingerprint density at radius 1 is 1.29 bits per heavy atom. The number of esters is 1. The van der Waals surface area contributed by atoms with Gasteiger partial charge in [-0.1, -0.05) is 12.1 Å². The number of furan rings is 1. The van der Waals surface area contributed by atoms with E-state index in [1.54, 1.807) is 36.4 Å². The number of carbonyl (C=O) groups excluding carboxylic acids is 2. The fourth-order valence-electron chi connectivity index (χ4n) is 1.77. The van der Waals surface area contributed by atoms with Crippen LogP contribution < -0.4 is 5.32 Å². The van der Waals surface area contributed by atoms with Crippen molar-refractivity contribution in [3.8, 4) is 17.4 Å². The minimum absolute atomic E-state index is 0.0747. The molecule has 0 saturated heterocycles. The third-order valence-corrected chi connectivity index (χ3v) is 2.70. The molecule has 1 aromatic carbocycles. The van der Waals surface area contributed by atoms with Crippen molar-refractivity contribution in [1.29, 1.82) is 5.26 Å². The average Bonchev–Trinajstić information content (AvgIpc) is 2.97. The van der Waals surface area contributed by atoms with E-state index in [0.29, 0.717) is 17.0 Å². The molecule has 2 aromatic rings. The van der Waals surface area contributed by atoms with Crippen LogP contribution in [0.25, 0.3) is 11.3 Å². The lowest BCUT2D eigenvalue weighted by Crippen LogP contribution is -2.10. The minimum Gasteiger partial charge on any atom is -0.463 e. The zero-order valence-corrected chi connectivity index (χ0v) is 11.3. The van der Waals surface area contributed by atoms with Crippen LogP contribution in [0.15, 0.2) is 40.8 Å². The number of nitrogens with one attached hydrogen (secondary N) is 1. The molecule has 1 aromatic heterocycles. The number of methoxy groups -OCH3 is 1. The predicted molar refractivity (Wildman–Crippen MR) is 74.3 cm³/mol. The zero-order chi connectivity index (χ0) is 15.2. The number of rotatable bonds is 4. The normalized spacial score (nSPS) is 9.71. The highest BCUT2D eigenvalue weighted by Crippen LogP contribution is 2.29. The van der Waals surface area contributed by atoms with Gasteiger partial charge in [-0.3, -0.25) is 4.79 Å². The van der Waals surface area contributed by atoms with Crippen LogP contribution in [0.2, 0.25) is 0 Å². The average molecular weight is 284 g/mol. The Labute approximate surface area is 120 Å². The molecule has 0 atom stereocenters. The molecule has 0 saturated carbocycles. The van der Waals surface area contributed by atoms with Gasteiger partial charge in [0.2, 0.25) is 11.7 Å². The molecule has 21 heavy (non-hydrogen) atoms. The summed E-state index contributed by atoms with van der Waals surface area (Å²) in [4.78, 5) is 22.9. The van der Waals surface area contributed by atoms with Gasteiger partial charge < -0.3 is 14.5 Å². The lowest BCUT2D eigenvalue weighted by atomic mass is 10.1. The molecule has 1 N–H and O–H groups in total. The van der Waals surface area contributed by atoms with Crippen LogP contribution >= 0.6 is 0 Å². The predicted octanol–water partition coefficient (Wildman–Crippen LogP) is 2.59. The van der Waals surface area contributed by atoms with Crippen LogP contribution in [0.4, 0.5) is 5.69 Å². The Morgan fingerprint density at radius 3 is 2.76 bits per heavy atom. The van der Waals surface area contributed by atoms with Crippen LogP contribution in [0.1, 0.15) is 17.0 Å². The summed E-state index contributed by atoms with van der Waals surface area (Å²) >= 11 is 0. The van der Waals surface area contributed by atoms with Crippen LogP contribution in [-0.4, -0.2) is 19.0 Å². The Balaban J connectivity index is 2.32. The summed E-state index contributed by atoms with van der Waals surface area (Å²) in [5.74, 6) is -0.495. The largest absolute Gasteiger partial charge is 0.463 e. The van der Waals surface area contributed by atoms with Crippen molar-refractivity contribution in [1.82, 2.24) is 0 Å². The van der Waals surface area contributed by atoms with Gasteiger partial charge in [-0.05, 0) is 24.3 Å². The Hall–Kier alpha value is -3.07. The third-order valence-electron chi connectivity index (χ3n) is 2.70. The molecule has 1 heterocycles. The fraction of sp³-hybridized carbons (Fsp3) is 0.133. The van der Waals surface area contributed by atoms with E-state index in [1.807, 2.05) is 0 Å². The van der Waals surface area contributed by atoms with Crippen LogP contribution in [-0.2, 0) is 9.53 Å². The van der Waals surface area contributed by atoms with Crippen molar-refractivity contribution in [3.05, 3.63) is 42.2 Å². The molecule has 0 bridgehead atoms. The Morgan fingerprint density at radius 2 is 2.05 bits per heavy atom. The van der Waals surface area contributed by atoms with Gasteiger partial charge in [-0.2, -0.15) is 5.26 Å². The van der Waals surface area contributed by atoms with E-state index in [-0.39, 0.29) is 12.2 Å². The molecule has 0 aliphatic heterocycles. The number of ether oxygens (including phenoxy) is 1. The highest BCUT2D eigenvalue weighted by atomic mass is 16.5. The van der Waals surface area contributed by atoms with Crippen LogP contribution in [0, 0.1) is 11.3 Å². The summed E-state index contributed by atoms with van der Waals surface area (Å²) in [5, 5.41) is 11.1. The summed E-state index contributed by atoms with van der Waals surface area (Å²) in [7, 11) is 1.26. The number of carbonyl (C=O) groups is 2. The first-order valence-electron chi connectivity index (χ1n) is 6.10. The minimum atomic E-state index is -0.577. The molecule has 0 unspecified atom stereocenters. The molecule has 2 rings (SSSR count). The van der Waals surface area contributed by atoms with Crippen molar-refractivity contribution < 1.29 is 18.7 Å². The number of nitrogens with zero attached hydrogens (tertiary/aromatic N) is 1. The molecule has 1 amide bonds. The number of hydrogen-bond donors (Lipinski definition) is 1. The first-order valence-corrected chi connectivity index (χ1v) is 6.10. The molecule has 6 nitrogen and oxygen atoms in total. The van der Waals surface area contributed by atoms with Gasteiger partial charge in [-0.25, -0.2) is 4.79 Å². The fourth-order valence-corrected chi connectivity index (χ4v) is 1.77. The van der Waals surface area contributed by atoms with E-state index < -0.39 is 11.9 Å². The van der Waals surface area contributed by atoms with Gasteiger partial charge in [0.1, 0.15) is 12.2 Å². The SMILES string of the molecule is COC(=O)c1ccc(-c2ccccc2NC(=O)CC#N)o1. The Kier molecular flexibility index (Phi) is 4.36. The molecule has 6 heteroatoms. The van der Waals surface area contributed by atoms with Gasteiger partial charge in [0.05, 0.1) is 18.9 Å². The molecule has 0 spiro atoms. The van der Waals surface area contributed by atoms with Crippen molar-refractivity contribution in [2.75, 3.05) is 12.4 Å². The number of benzene rings is 1. The summed E-state index contributed by atoms with van der Waals surface area (Å²) in [5.41, 5.74) is 1.11. The second-order valence-electron chi connectivity index (χ2n) is 4.08. The van der Waals surface area contributed by atoms with Gasteiger partial charge in [0, 0.05) is 5.56 Å². The highest BCUT2D eigenvalue weighted by Gasteiger charge is 2.15. The lowest BCUT2D eigenvalue weighted by molar-refractivity contribution is -0.115. The highest BCUT2D eigenvalue weighted by molar-refractivity contribution is 5.96. The number of nitriles is 1. The van der Waals surface area contributed by atoms with Crippen molar-refractivity contribution in [3.63, 3.8) is 0 Å². The standard InChI is InChI=1S/C15H12N2O4/c1-20-15(19)13-7-6-12(21-13)10-4-2-3-5-11(10)17-14(18)8-9-16/h2-7H,8H2,1H3,(H,17,18). The number of anilines is 1. The third kappa shape index (κ3) is 3.28. The summed E-state index contributed by atoms with van der Waals surface area (Å²) < 4.78 is 9.99. The van der Waals surface area contributed by atoms with E-state index in [2.05, 4.69) is 10.1 Å². The summed E-state index contributed by atoms with van der Waals surface area (Å²) in [6.07, 6.45) is -0.236. The van der Waals surface area contributed by atoms with Crippen molar-refractivity contribution in [2.24, 2.45) is 0 Å². The molecular weight excluding hydrogens is 272 g/mol. The Bertz CT molecular complexity index is 712. The number of amides is 1. The second kappa shape index (κ2) is 6.39. The number of hydrogen-bond acceptors (Lipinski definition) is 5. The topological polar surface area (TPSA) is 92.3 Å². The summed E-state index contributed by atoms with van der Waals surface area (Å²) in [6.45, 7) is 0. The van der Waals surface area contributed by atoms with E-state index in [1.165, 1.54) is 13.2 Å². The maximum atomic E-state index is 11.5. The number of para-hydroxylation sites is 1. The van der Waals surface area contributed by atoms with Gasteiger partial charge >= 0.3 is 5.97 Å². The maximum Gasteiger partial charge on any atom is 0.373 e. The lowest BCUT2D eigenvalue weighted by Gasteiger charge is -2.07. The first kappa shape index (κ1) is 14.3. The second-order valence-corrected chi connectivity index (χ2v) is 4.08. The molecule has 0 aliphatic rings. The quantitative estimate of drug-likeness (QED) is 0.871. The maximum absolute atomic E-state index is 11.5. The molecule has 0 fully saturated rings. The van der Waals surface area contributed by atoms with E-state index in [4.69, 9.17) is 9.68 Å². The van der Waals surface area contributed by atoms with E-state index in [0.717, 1.165) is 0 Å². The van der Waals surface area contributed by atoms with E-state index in [9.17, 15) is 9.59 Å². The van der Waals surface area contributed by atoms with Crippen molar-refractivity contribution >= 4 is 17.6 Å². The van der Waals surface area contributed by atoms with Gasteiger partial charge in [0.25, 0.3) is 0 Å². The molecular formula is C15H12N2O4. The molecule has 0 aliphatic carbocycles. The van der Waals surface area contributed by atoms with Crippen LogP contribution in [0.5, 0.6) is 0 Å². The van der Waals surface area contributed by atoms with Crippen molar-refractivity contribution in [2.45, 2.75) is 6.42 Å². The van der Waals surface area contributed by atoms with E-state index >= 15 is 0 Å². The monoisotopic (exact) mass is 284 g/mol. The van der Waals surface area contributed by atoms with Crippen LogP contribution in [0.3, 0.4) is 0 Å². The summed E-state index contributed by atoms with van der Waals surface area (Å²) in [6, 6.07) is 11.8. The first-order chi connectivity index (χ1) is 10.2. The molecule has 106 valence electrons. The van der Waals surface area contributed by atoms with Gasteiger partial charge in [-0.15, -0.1) is 0 Å². The smallest absolute Gasteiger partial charge is 0.373 e. The van der Waals surface area contributed by atoms with Gasteiger partial charge in [0.15, 0.2) is 0 Å².